The lowest BCUT2D eigenvalue weighted by Gasteiger charge is -2.22. The molecule has 6 nitrogen and oxygen atoms in total. The van der Waals surface area contributed by atoms with E-state index in [1.54, 1.807) is 0 Å². The van der Waals surface area contributed by atoms with Gasteiger partial charge in [0.1, 0.15) is 15.6 Å². The van der Waals surface area contributed by atoms with Crippen molar-refractivity contribution in [3.8, 4) is 0 Å². The SMILES string of the molecule is CCOCC(NS(=O)(=O)c1cccnc1C(N)=S)C(C)C. The van der Waals surface area contributed by atoms with E-state index in [9.17, 15) is 8.42 Å². The molecule has 0 saturated carbocycles. The molecule has 0 bridgehead atoms. The number of pyridine rings is 1. The van der Waals surface area contributed by atoms with Gasteiger partial charge in [-0.2, -0.15) is 0 Å². The quantitative estimate of drug-likeness (QED) is 0.692. The van der Waals surface area contributed by atoms with E-state index in [1.807, 2.05) is 20.8 Å². The minimum Gasteiger partial charge on any atom is -0.388 e. The van der Waals surface area contributed by atoms with E-state index in [1.165, 1.54) is 18.3 Å². The average Bonchev–Trinajstić information content (AvgIpc) is 2.43. The van der Waals surface area contributed by atoms with Gasteiger partial charge < -0.3 is 10.5 Å². The van der Waals surface area contributed by atoms with E-state index in [2.05, 4.69) is 9.71 Å². The molecule has 3 N–H and O–H groups in total. The van der Waals surface area contributed by atoms with E-state index in [4.69, 9.17) is 22.7 Å². The Morgan fingerprint density at radius 1 is 1.52 bits per heavy atom. The molecule has 0 aliphatic carbocycles. The number of aromatic nitrogens is 1. The Morgan fingerprint density at radius 3 is 2.71 bits per heavy atom. The van der Waals surface area contributed by atoms with Crippen molar-refractivity contribution in [1.29, 1.82) is 0 Å². The maximum atomic E-state index is 12.5. The molecule has 0 amide bonds. The minimum atomic E-state index is -3.77. The number of ether oxygens (including phenoxy) is 1. The van der Waals surface area contributed by atoms with Crippen LogP contribution in [0.2, 0.25) is 0 Å². The Balaban J connectivity index is 3.08. The molecule has 1 aromatic heterocycles. The summed E-state index contributed by atoms with van der Waals surface area (Å²) in [4.78, 5) is 3.87. The van der Waals surface area contributed by atoms with Gasteiger partial charge in [-0.05, 0) is 25.0 Å². The fourth-order valence-corrected chi connectivity index (χ4v) is 3.43. The van der Waals surface area contributed by atoms with Gasteiger partial charge >= 0.3 is 0 Å². The first kappa shape index (κ1) is 18.0. The topological polar surface area (TPSA) is 94.3 Å². The number of hydrogen-bond acceptors (Lipinski definition) is 5. The summed E-state index contributed by atoms with van der Waals surface area (Å²) in [5.41, 5.74) is 5.63. The molecule has 118 valence electrons. The first-order valence-electron chi connectivity index (χ1n) is 6.64. The van der Waals surface area contributed by atoms with Crippen molar-refractivity contribution in [2.45, 2.75) is 31.7 Å². The van der Waals surface area contributed by atoms with Crippen LogP contribution in [0.25, 0.3) is 0 Å². The van der Waals surface area contributed by atoms with Crippen LogP contribution in [0.1, 0.15) is 26.5 Å². The highest BCUT2D eigenvalue weighted by molar-refractivity contribution is 7.89. The summed E-state index contributed by atoms with van der Waals surface area (Å²) in [7, 11) is -3.77. The highest BCUT2D eigenvalue weighted by atomic mass is 32.2. The van der Waals surface area contributed by atoms with Crippen molar-refractivity contribution in [2.75, 3.05) is 13.2 Å². The van der Waals surface area contributed by atoms with Gasteiger partial charge in [-0.25, -0.2) is 13.1 Å². The third-order valence-electron chi connectivity index (χ3n) is 2.91. The monoisotopic (exact) mass is 331 g/mol. The number of hydrogen-bond donors (Lipinski definition) is 2. The van der Waals surface area contributed by atoms with Crippen molar-refractivity contribution in [3.05, 3.63) is 24.0 Å². The normalized spacial score (nSPS) is 13.3. The predicted octanol–water partition coefficient (Wildman–Crippen LogP) is 1.06. The Bertz CT molecular complexity index is 588. The number of sulfonamides is 1. The maximum Gasteiger partial charge on any atom is 0.243 e. The van der Waals surface area contributed by atoms with Crippen LogP contribution in [0.4, 0.5) is 0 Å². The molecule has 21 heavy (non-hydrogen) atoms. The van der Waals surface area contributed by atoms with E-state index in [0.29, 0.717) is 13.2 Å². The Kier molecular flexibility index (Phi) is 6.66. The van der Waals surface area contributed by atoms with E-state index in [-0.39, 0.29) is 27.5 Å². The predicted molar refractivity (Wildman–Crippen MR) is 85.6 cm³/mol. The van der Waals surface area contributed by atoms with Gasteiger partial charge in [0, 0.05) is 18.8 Å². The molecule has 0 aromatic carbocycles. The molecule has 0 aliphatic heterocycles. The summed E-state index contributed by atoms with van der Waals surface area (Å²) in [5.74, 6) is 0.0799. The summed E-state index contributed by atoms with van der Waals surface area (Å²) in [6, 6.07) is 2.62. The zero-order valence-electron chi connectivity index (χ0n) is 12.4. The molecule has 0 radical (unpaired) electrons. The molecule has 1 atom stereocenters. The number of nitrogens with one attached hydrogen (secondary N) is 1. The fraction of sp³-hybridized carbons (Fsp3) is 0.538. The van der Waals surface area contributed by atoms with Crippen LogP contribution < -0.4 is 10.5 Å². The lowest BCUT2D eigenvalue weighted by molar-refractivity contribution is 0.116. The Labute approximate surface area is 131 Å². The Hall–Kier alpha value is -1.09. The van der Waals surface area contributed by atoms with Crippen LogP contribution in [0.5, 0.6) is 0 Å². The summed E-state index contributed by atoms with van der Waals surface area (Å²) >= 11 is 4.85. The van der Waals surface area contributed by atoms with Crippen LogP contribution in [0.15, 0.2) is 23.2 Å². The number of nitrogens with two attached hydrogens (primary N) is 1. The van der Waals surface area contributed by atoms with Crippen LogP contribution in [-0.2, 0) is 14.8 Å². The van der Waals surface area contributed by atoms with Crippen LogP contribution in [0, 0.1) is 5.92 Å². The second-order valence-corrected chi connectivity index (χ2v) is 6.97. The molecule has 0 saturated heterocycles. The number of nitrogens with zero attached hydrogens (tertiary/aromatic N) is 1. The smallest absolute Gasteiger partial charge is 0.243 e. The van der Waals surface area contributed by atoms with Crippen LogP contribution in [0.3, 0.4) is 0 Å². The minimum absolute atomic E-state index is 0.0142. The molecule has 0 aliphatic rings. The average molecular weight is 331 g/mol. The number of thiocarbonyl (C=S) groups is 1. The second-order valence-electron chi connectivity index (χ2n) is 4.85. The van der Waals surface area contributed by atoms with Gasteiger partial charge in [-0.3, -0.25) is 4.98 Å². The van der Waals surface area contributed by atoms with Crippen molar-refractivity contribution in [2.24, 2.45) is 11.7 Å². The maximum absolute atomic E-state index is 12.5. The highest BCUT2D eigenvalue weighted by Gasteiger charge is 2.26. The zero-order valence-corrected chi connectivity index (χ0v) is 14.0. The van der Waals surface area contributed by atoms with Gasteiger partial charge in [0.2, 0.25) is 10.0 Å². The highest BCUT2D eigenvalue weighted by Crippen LogP contribution is 2.15. The van der Waals surface area contributed by atoms with Gasteiger partial charge in [0.05, 0.1) is 6.61 Å². The molecule has 8 heteroatoms. The lowest BCUT2D eigenvalue weighted by atomic mass is 10.1. The molecule has 1 aromatic rings. The van der Waals surface area contributed by atoms with Gasteiger partial charge in [-0.15, -0.1) is 0 Å². The fourth-order valence-electron chi connectivity index (χ4n) is 1.66. The molecule has 1 unspecified atom stereocenters. The van der Waals surface area contributed by atoms with E-state index >= 15 is 0 Å². The summed E-state index contributed by atoms with van der Waals surface area (Å²) in [6.07, 6.45) is 1.45. The van der Waals surface area contributed by atoms with E-state index in [0.717, 1.165) is 0 Å². The van der Waals surface area contributed by atoms with Crippen molar-refractivity contribution >= 4 is 27.2 Å². The number of rotatable bonds is 8. The third kappa shape index (κ3) is 4.99. The largest absolute Gasteiger partial charge is 0.388 e. The van der Waals surface area contributed by atoms with Crippen molar-refractivity contribution < 1.29 is 13.2 Å². The first-order chi connectivity index (χ1) is 9.79. The molecular formula is C13H21N3O3S2. The van der Waals surface area contributed by atoms with Crippen molar-refractivity contribution in [3.63, 3.8) is 0 Å². The third-order valence-corrected chi connectivity index (χ3v) is 4.62. The zero-order chi connectivity index (χ0) is 16.0. The first-order valence-corrected chi connectivity index (χ1v) is 8.53. The van der Waals surface area contributed by atoms with Crippen LogP contribution in [-0.4, -0.2) is 37.6 Å². The summed E-state index contributed by atoms with van der Waals surface area (Å²) in [6.45, 7) is 6.53. The van der Waals surface area contributed by atoms with Gasteiger partial charge in [0.25, 0.3) is 0 Å². The molecular weight excluding hydrogens is 310 g/mol. The van der Waals surface area contributed by atoms with Crippen LogP contribution >= 0.6 is 12.2 Å². The standard InChI is InChI=1S/C13H21N3O3S2/c1-4-19-8-10(9(2)3)16-21(17,18)11-6-5-7-15-12(11)13(14)20/h5-7,9-10,16H,4,8H2,1-3H3,(H2,14,20). The van der Waals surface area contributed by atoms with Gasteiger partial charge in [0.15, 0.2) is 0 Å². The van der Waals surface area contributed by atoms with E-state index < -0.39 is 10.0 Å². The molecule has 0 spiro atoms. The Morgan fingerprint density at radius 2 is 2.19 bits per heavy atom. The molecule has 0 fully saturated rings. The lowest BCUT2D eigenvalue weighted by Crippen LogP contribution is -2.42. The second kappa shape index (κ2) is 7.79. The van der Waals surface area contributed by atoms with Crippen molar-refractivity contribution in [1.82, 2.24) is 9.71 Å². The summed E-state index contributed by atoms with van der Waals surface area (Å²) in [5, 5.41) is 0. The van der Waals surface area contributed by atoms with Gasteiger partial charge in [-0.1, -0.05) is 26.1 Å². The molecule has 1 rings (SSSR count). The molecule has 1 heterocycles. The summed E-state index contributed by atoms with van der Waals surface area (Å²) < 4.78 is 33.0.